The van der Waals surface area contributed by atoms with E-state index in [9.17, 15) is 8.42 Å². The third kappa shape index (κ3) is 4.32. The summed E-state index contributed by atoms with van der Waals surface area (Å²) in [5, 5.41) is 19.8. The highest BCUT2D eigenvalue weighted by molar-refractivity contribution is 7.90. The maximum Gasteiger partial charge on any atom is 0.228 e. The molecule has 1 aliphatic heterocycles. The van der Waals surface area contributed by atoms with Crippen LogP contribution in [-0.4, -0.2) is 45.3 Å². The smallest absolute Gasteiger partial charge is 0.228 e. The van der Waals surface area contributed by atoms with Gasteiger partial charge in [-0.2, -0.15) is 20.1 Å². The van der Waals surface area contributed by atoms with Crippen molar-refractivity contribution in [3.8, 4) is 0 Å². The molecule has 5 rings (SSSR count). The molecule has 184 valence electrons. The molecule has 0 saturated heterocycles. The number of nitrogens with zero attached hydrogens (tertiary/aromatic N) is 6. The number of hydrogen-bond donors (Lipinski definition) is 3. The topological polar surface area (TPSA) is 145 Å². The SMILES string of the molecule is CC(C)(c1cc(C2(N)N=C(Nc3ccccc3S(C)(=O)=O)C(Cl)=CN2)n(C2CC2)n1)n1nccn1. The van der Waals surface area contributed by atoms with Crippen molar-refractivity contribution in [3.05, 3.63) is 65.3 Å². The summed E-state index contributed by atoms with van der Waals surface area (Å²) in [6, 6.07) is 8.66. The van der Waals surface area contributed by atoms with Crippen molar-refractivity contribution < 1.29 is 8.42 Å². The second-order valence-electron chi connectivity index (χ2n) is 9.22. The lowest BCUT2D eigenvalue weighted by atomic mass is 10.0. The van der Waals surface area contributed by atoms with E-state index in [2.05, 4.69) is 20.8 Å². The van der Waals surface area contributed by atoms with E-state index in [0.717, 1.165) is 24.8 Å². The van der Waals surface area contributed by atoms with Gasteiger partial charge in [0.05, 0.1) is 39.7 Å². The normalized spacial score (nSPS) is 20.7. The molecule has 35 heavy (non-hydrogen) atoms. The van der Waals surface area contributed by atoms with Gasteiger partial charge >= 0.3 is 0 Å². The van der Waals surface area contributed by atoms with Gasteiger partial charge < -0.3 is 10.6 Å². The van der Waals surface area contributed by atoms with Gasteiger partial charge in [-0.05, 0) is 44.9 Å². The fourth-order valence-electron chi connectivity index (χ4n) is 3.93. The number of rotatable bonds is 6. The molecule has 1 unspecified atom stereocenters. The number of benzene rings is 1. The lowest BCUT2D eigenvalue weighted by Gasteiger charge is -2.31. The molecule has 0 radical (unpaired) electrons. The number of para-hydroxylation sites is 1. The maximum absolute atomic E-state index is 12.3. The van der Waals surface area contributed by atoms with Crippen LogP contribution in [0.4, 0.5) is 5.69 Å². The third-order valence-corrected chi connectivity index (χ3v) is 7.48. The Labute approximate surface area is 208 Å². The van der Waals surface area contributed by atoms with Crippen molar-refractivity contribution >= 4 is 33.0 Å². The van der Waals surface area contributed by atoms with Crippen LogP contribution in [0.3, 0.4) is 0 Å². The van der Waals surface area contributed by atoms with Crippen LogP contribution in [0.5, 0.6) is 0 Å². The van der Waals surface area contributed by atoms with Crippen molar-refractivity contribution in [1.29, 1.82) is 0 Å². The summed E-state index contributed by atoms with van der Waals surface area (Å²) in [5.41, 5.74) is 7.89. The van der Waals surface area contributed by atoms with E-state index in [-0.39, 0.29) is 21.8 Å². The molecule has 1 aliphatic carbocycles. The first-order valence-corrected chi connectivity index (χ1v) is 13.3. The van der Waals surface area contributed by atoms with E-state index in [1.807, 2.05) is 24.6 Å². The van der Waals surface area contributed by atoms with Crippen LogP contribution in [0.2, 0.25) is 0 Å². The second kappa shape index (κ2) is 8.18. The minimum atomic E-state index is -3.48. The molecule has 11 nitrogen and oxygen atoms in total. The molecule has 1 aromatic carbocycles. The molecule has 4 N–H and O–H groups in total. The standard InChI is InChI=1S/C22H26ClN9O2S/c1-21(2,32-26-10-11-27-32)18-12-19(31(30-18)14-8-9-14)22(24)25-13-15(23)20(29-22)28-16-6-4-5-7-17(16)35(3,33)34/h4-7,10-14,25H,8-9,24H2,1-3H3,(H,28,29). The Hall–Kier alpha value is -3.22. The average Bonchev–Trinajstić information content (AvgIpc) is 3.29. The molecule has 3 heterocycles. The fourth-order valence-corrected chi connectivity index (χ4v) is 4.91. The number of aliphatic imine (C=N–C) groups is 1. The molecule has 2 aromatic heterocycles. The summed E-state index contributed by atoms with van der Waals surface area (Å²) < 4.78 is 26.4. The van der Waals surface area contributed by atoms with E-state index in [4.69, 9.17) is 27.4 Å². The summed E-state index contributed by atoms with van der Waals surface area (Å²) in [6.07, 6.45) is 7.90. The molecule has 2 aliphatic rings. The molecule has 1 saturated carbocycles. The van der Waals surface area contributed by atoms with Gasteiger partial charge in [-0.1, -0.05) is 23.7 Å². The first kappa shape index (κ1) is 23.5. The minimum Gasteiger partial charge on any atom is -0.349 e. The third-order valence-electron chi connectivity index (χ3n) is 6.04. The summed E-state index contributed by atoms with van der Waals surface area (Å²) >= 11 is 6.43. The highest BCUT2D eigenvalue weighted by atomic mass is 35.5. The van der Waals surface area contributed by atoms with E-state index in [0.29, 0.717) is 11.4 Å². The molecule has 1 fully saturated rings. The molecule has 0 spiro atoms. The summed E-state index contributed by atoms with van der Waals surface area (Å²) in [6.45, 7) is 3.95. The van der Waals surface area contributed by atoms with Gasteiger partial charge in [0.15, 0.2) is 9.84 Å². The molecule has 1 atom stereocenters. The largest absolute Gasteiger partial charge is 0.349 e. The fraction of sp³-hybridized carbons (Fsp3) is 0.364. The van der Waals surface area contributed by atoms with Gasteiger partial charge in [-0.3, -0.25) is 10.4 Å². The van der Waals surface area contributed by atoms with Crippen molar-refractivity contribution in [2.24, 2.45) is 10.7 Å². The van der Waals surface area contributed by atoms with Crippen LogP contribution in [-0.2, 0) is 21.2 Å². The minimum absolute atomic E-state index is 0.132. The van der Waals surface area contributed by atoms with Gasteiger partial charge in [-0.25, -0.2) is 13.4 Å². The summed E-state index contributed by atoms with van der Waals surface area (Å²) in [5.74, 6) is -1.16. The van der Waals surface area contributed by atoms with Crippen LogP contribution < -0.4 is 16.4 Å². The van der Waals surface area contributed by atoms with Gasteiger partial charge in [0.1, 0.15) is 17.1 Å². The number of nitrogens with one attached hydrogen (secondary N) is 2. The van der Waals surface area contributed by atoms with Crippen LogP contribution in [0.25, 0.3) is 0 Å². The van der Waals surface area contributed by atoms with Gasteiger partial charge in [0.25, 0.3) is 0 Å². The van der Waals surface area contributed by atoms with Crippen LogP contribution in [0, 0.1) is 0 Å². The van der Waals surface area contributed by atoms with Gasteiger partial charge in [0.2, 0.25) is 5.79 Å². The highest BCUT2D eigenvalue weighted by Gasteiger charge is 2.41. The summed E-state index contributed by atoms with van der Waals surface area (Å²) in [4.78, 5) is 6.42. The van der Waals surface area contributed by atoms with Crippen LogP contribution in [0.15, 0.2) is 63.8 Å². The first-order chi connectivity index (χ1) is 16.5. The first-order valence-electron chi connectivity index (χ1n) is 11.0. The average molecular weight is 516 g/mol. The Kier molecular flexibility index (Phi) is 5.49. The maximum atomic E-state index is 12.3. The molecule has 3 aromatic rings. The van der Waals surface area contributed by atoms with Gasteiger partial charge in [0, 0.05) is 12.5 Å². The number of sulfone groups is 1. The molecular weight excluding hydrogens is 490 g/mol. The lowest BCUT2D eigenvalue weighted by molar-refractivity contribution is 0.330. The lowest BCUT2D eigenvalue weighted by Crippen LogP contribution is -2.51. The Morgan fingerprint density at radius 2 is 1.91 bits per heavy atom. The van der Waals surface area contributed by atoms with Crippen molar-refractivity contribution in [3.63, 3.8) is 0 Å². The number of nitrogens with two attached hydrogens (primary N) is 1. The van der Waals surface area contributed by atoms with Crippen molar-refractivity contribution in [2.45, 2.75) is 49.0 Å². The van der Waals surface area contributed by atoms with E-state index in [1.165, 1.54) is 6.07 Å². The predicted octanol–water partition coefficient (Wildman–Crippen LogP) is 2.26. The van der Waals surface area contributed by atoms with Gasteiger partial charge in [-0.15, -0.1) is 0 Å². The Morgan fingerprint density at radius 1 is 1.23 bits per heavy atom. The Morgan fingerprint density at radius 3 is 2.57 bits per heavy atom. The number of halogens is 1. The van der Waals surface area contributed by atoms with E-state index in [1.54, 1.807) is 41.6 Å². The molecule has 0 amide bonds. The quantitative estimate of drug-likeness (QED) is 0.453. The zero-order chi connectivity index (χ0) is 25.0. The monoisotopic (exact) mass is 515 g/mol. The number of amidine groups is 1. The highest BCUT2D eigenvalue weighted by Crippen LogP contribution is 2.39. The van der Waals surface area contributed by atoms with E-state index >= 15 is 0 Å². The van der Waals surface area contributed by atoms with Crippen molar-refractivity contribution in [1.82, 2.24) is 30.1 Å². The van der Waals surface area contributed by atoms with Crippen LogP contribution in [0.1, 0.15) is 44.1 Å². The number of aromatic nitrogens is 5. The Balaban J connectivity index is 1.56. The van der Waals surface area contributed by atoms with Crippen molar-refractivity contribution in [2.75, 3.05) is 11.6 Å². The Bertz CT molecular complexity index is 1440. The zero-order valence-electron chi connectivity index (χ0n) is 19.5. The van der Waals surface area contributed by atoms with Crippen LogP contribution >= 0.6 is 11.6 Å². The molecule has 0 bridgehead atoms. The van der Waals surface area contributed by atoms with E-state index < -0.39 is 21.2 Å². The second-order valence-corrected chi connectivity index (χ2v) is 11.6. The summed E-state index contributed by atoms with van der Waals surface area (Å²) in [7, 11) is -3.48. The number of anilines is 1. The molecule has 13 heteroatoms. The molecular formula is C22H26ClN9O2S. The predicted molar refractivity (Wildman–Crippen MR) is 132 cm³/mol. The number of hydrogen-bond acceptors (Lipinski definition) is 9. The zero-order valence-corrected chi connectivity index (χ0v) is 21.0.